The van der Waals surface area contributed by atoms with E-state index in [1.165, 1.54) is 0 Å². The van der Waals surface area contributed by atoms with Gasteiger partial charge in [0.25, 0.3) is 0 Å². The lowest BCUT2D eigenvalue weighted by Crippen LogP contribution is -2.52. The monoisotopic (exact) mass is 286 g/mol. The standard InChI is InChI=1S/C14H23ClN2O2/c15-17-7-3-14(4-8-17)9-11(10-14)13(19)16-5-1-12(18)2-6-16/h11-12,18H,1-10H2. The molecule has 0 bridgehead atoms. The summed E-state index contributed by atoms with van der Waals surface area (Å²) in [4.78, 5) is 14.3. The van der Waals surface area contributed by atoms with E-state index < -0.39 is 0 Å². The molecule has 0 unspecified atom stereocenters. The largest absolute Gasteiger partial charge is 0.393 e. The maximum atomic E-state index is 12.4. The lowest BCUT2D eigenvalue weighted by Gasteiger charge is -2.51. The molecule has 0 aromatic carbocycles. The van der Waals surface area contributed by atoms with Crippen LogP contribution < -0.4 is 0 Å². The van der Waals surface area contributed by atoms with Crippen molar-refractivity contribution >= 4 is 17.7 Å². The molecule has 1 spiro atoms. The average molecular weight is 287 g/mol. The zero-order chi connectivity index (χ0) is 13.5. The minimum atomic E-state index is -0.204. The summed E-state index contributed by atoms with van der Waals surface area (Å²) in [6.07, 6.45) is 5.66. The van der Waals surface area contributed by atoms with E-state index in [2.05, 4.69) is 0 Å². The topological polar surface area (TPSA) is 43.8 Å². The number of amides is 1. The third-order valence-electron chi connectivity index (χ3n) is 5.25. The second-order valence-corrected chi connectivity index (χ2v) is 7.05. The molecule has 1 amide bonds. The van der Waals surface area contributed by atoms with Gasteiger partial charge in [0.2, 0.25) is 5.91 Å². The lowest BCUT2D eigenvalue weighted by atomic mass is 9.57. The molecule has 0 aromatic rings. The second kappa shape index (κ2) is 5.23. The molecule has 2 aliphatic heterocycles. The summed E-state index contributed by atoms with van der Waals surface area (Å²) >= 11 is 5.99. The third-order valence-corrected chi connectivity index (χ3v) is 5.59. The molecule has 3 fully saturated rings. The summed E-state index contributed by atoms with van der Waals surface area (Å²) in [5, 5.41) is 9.49. The van der Waals surface area contributed by atoms with Gasteiger partial charge in [-0.2, -0.15) is 0 Å². The zero-order valence-electron chi connectivity index (χ0n) is 11.4. The van der Waals surface area contributed by atoms with E-state index in [4.69, 9.17) is 11.8 Å². The second-order valence-electron chi connectivity index (χ2n) is 6.57. The van der Waals surface area contributed by atoms with E-state index in [-0.39, 0.29) is 12.0 Å². The van der Waals surface area contributed by atoms with Gasteiger partial charge >= 0.3 is 0 Å². The van der Waals surface area contributed by atoms with Gasteiger partial charge in [0.15, 0.2) is 0 Å². The molecular weight excluding hydrogens is 264 g/mol. The van der Waals surface area contributed by atoms with Gasteiger partial charge in [-0.1, -0.05) is 0 Å². The number of piperidine rings is 2. The lowest BCUT2D eigenvalue weighted by molar-refractivity contribution is -0.147. The number of aliphatic hydroxyl groups excluding tert-OH is 1. The number of aliphatic hydroxyl groups is 1. The molecule has 0 aromatic heterocycles. The van der Waals surface area contributed by atoms with Crippen LogP contribution in [0, 0.1) is 11.3 Å². The molecule has 3 aliphatic rings. The molecular formula is C14H23ClN2O2. The van der Waals surface area contributed by atoms with E-state index >= 15 is 0 Å². The van der Waals surface area contributed by atoms with Crippen molar-refractivity contribution in [3.05, 3.63) is 0 Å². The zero-order valence-corrected chi connectivity index (χ0v) is 12.1. The maximum Gasteiger partial charge on any atom is 0.225 e. The van der Waals surface area contributed by atoms with E-state index in [0.29, 0.717) is 11.3 Å². The Morgan fingerprint density at radius 3 is 2.26 bits per heavy atom. The Morgan fingerprint density at radius 2 is 1.68 bits per heavy atom. The number of carbonyl (C=O) groups is 1. The summed E-state index contributed by atoms with van der Waals surface area (Å²) < 4.78 is 1.87. The molecule has 1 aliphatic carbocycles. The Balaban J connectivity index is 1.49. The van der Waals surface area contributed by atoms with Crippen LogP contribution in [0.15, 0.2) is 0 Å². The van der Waals surface area contributed by atoms with Crippen LogP contribution >= 0.6 is 11.8 Å². The number of carbonyl (C=O) groups excluding carboxylic acids is 1. The van der Waals surface area contributed by atoms with Gasteiger partial charge in [0, 0.05) is 32.1 Å². The SMILES string of the molecule is O=C(C1CC2(CCN(Cl)CC2)C1)N1CCC(O)CC1. The van der Waals surface area contributed by atoms with Crippen molar-refractivity contribution in [3.63, 3.8) is 0 Å². The van der Waals surface area contributed by atoms with Gasteiger partial charge in [-0.3, -0.25) is 4.79 Å². The molecule has 3 rings (SSSR count). The van der Waals surface area contributed by atoms with Crippen LogP contribution in [-0.2, 0) is 4.79 Å². The molecule has 1 N–H and O–H groups in total. The summed E-state index contributed by atoms with van der Waals surface area (Å²) in [6, 6.07) is 0. The molecule has 2 saturated heterocycles. The highest BCUT2D eigenvalue weighted by molar-refractivity contribution is 6.13. The van der Waals surface area contributed by atoms with Crippen molar-refractivity contribution in [1.29, 1.82) is 0 Å². The highest BCUT2D eigenvalue weighted by atomic mass is 35.5. The molecule has 1 saturated carbocycles. The van der Waals surface area contributed by atoms with Crippen molar-refractivity contribution in [2.45, 2.75) is 44.6 Å². The van der Waals surface area contributed by atoms with Gasteiger partial charge in [-0.25, -0.2) is 4.42 Å². The predicted molar refractivity (Wildman–Crippen MR) is 73.6 cm³/mol. The summed E-state index contributed by atoms with van der Waals surface area (Å²) in [5.74, 6) is 0.558. The minimum Gasteiger partial charge on any atom is -0.393 e. The quantitative estimate of drug-likeness (QED) is 0.745. The summed E-state index contributed by atoms with van der Waals surface area (Å²) in [5.41, 5.74) is 0.404. The minimum absolute atomic E-state index is 0.204. The van der Waals surface area contributed by atoms with E-state index in [9.17, 15) is 9.90 Å². The smallest absolute Gasteiger partial charge is 0.225 e. The van der Waals surface area contributed by atoms with Crippen molar-refractivity contribution in [2.24, 2.45) is 11.3 Å². The van der Waals surface area contributed by atoms with E-state index in [1.54, 1.807) is 0 Å². The first-order valence-corrected chi connectivity index (χ1v) is 7.79. The van der Waals surface area contributed by atoms with E-state index in [0.717, 1.165) is 64.7 Å². The van der Waals surface area contributed by atoms with Crippen molar-refractivity contribution < 1.29 is 9.90 Å². The highest BCUT2D eigenvalue weighted by Gasteiger charge is 2.49. The van der Waals surface area contributed by atoms with Crippen molar-refractivity contribution in [1.82, 2.24) is 9.32 Å². The number of hydrogen-bond acceptors (Lipinski definition) is 3. The number of nitrogens with zero attached hydrogens (tertiary/aromatic N) is 2. The molecule has 0 atom stereocenters. The number of halogens is 1. The Bertz CT molecular complexity index is 339. The molecule has 5 heteroatoms. The Hall–Kier alpha value is -0.320. The van der Waals surface area contributed by atoms with Gasteiger partial charge < -0.3 is 10.0 Å². The first-order valence-electron chi connectivity index (χ1n) is 7.46. The molecule has 108 valence electrons. The van der Waals surface area contributed by atoms with Gasteiger partial charge in [-0.05, 0) is 55.7 Å². The van der Waals surface area contributed by atoms with Crippen LogP contribution in [0.1, 0.15) is 38.5 Å². The predicted octanol–water partition coefficient (Wildman–Crippen LogP) is 1.62. The van der Waals surface area contributed by atoms with Crippen molar-refractivity contribution in [3.8, 4) is 0 Å². The molecule has 2 heterocycles. The first kappa shape index (κ1) is 13.7. The summed E-state index contributed by atoms with van der Waals surface area (Å²) in [7, 11) is 0. The fourth-order valence-electron chi connectivity index (χ4n) is 3.87. The third kappa shape index (κ3) is 2.76. The van der Waals surface area contributed by atoms with Crippen LogP contribution in [0.5, 0.6) is 0 Å². The molecule has 4 nitrogen and oxygen atoms in total. The van der Waals surface area contributed by atoms with Crippen LogP contribution in [0.3, 0.4) is 0 Å². The normalized spacial score (nSPS) is 29.5. The highest BCUT2D eigenvalue weighted by Crippen LogP contribution is 2.53. The van der Waals surface area contributed by atoms with Crippen molar-refractivity contribution in [2.75, 3.05) is 26.2 Å². The fourth-order valence-corrected chi connectivity index (χ4v) is 4.04. The van der Waals surface area contributed by atoms with Crippen LogP contribution in [-0.4, -0.2) is 52.6 Å². The average Bonchev–Trinajstić information content (AvgIpc) is 2.37. The fraction of sp³-hybridized carbons (Fsp3) is 0.929. The van der Waals surface area contributed by atoms with Crippen LogP contribution in [0.25, 0.3) is 0 Å². The Labute approximate surface area is 119 Å². The Kier molecular flexibility index (Phi) is 3.76. The summed E-state index contributed by atoms with van der Waals surface area (Å²) in [6.45, 7) is 3.38. The van der Waals surface area contributed by atoms with E-state index in [1.807, 2.05) is 9.32 Å². The first-order chi connectivity index (χ1) is 9.08. The number of hydrogen-bond donors (Lipinski definition) is 1. The van der Waals surface area contributed by atoms with Gasteiger partial charge in [0.05, 0.1) is 6.10 Å². The number of likely N-dealkylation sites (tertiary alicyclic amines) is 1. The van der Waals surface area contributed by atoms with Gasteiger partial charge in [-0.15, -0.1) is 0 Å². The Morgan fingerprint density at radius 1 is 1.11 bits per heavy atom. The maximum absolute atomic E-state index is 12.4. The molecule has 19 heavy (non-hydrogen) atoms. The van der Waals surface area contributed by atoms with Gasteiger partial charge in [0.1, 0.15) is 0 Å². The number of rotatable bonds is 1. The van der Waals surface area contributed by atoms with Crippen LogP contribution in [0.2, 0.25) is 0 Å². The molecule has 0 radical (unpaired) electrons. The van der Waals surface area contributed by atoms with Crippen LogP contribution in [0.4, 0.5) is 0 Å².